The van der Waals surface area contributed by atoms with Crippen molar-refractivity contribution in [2.45, 2.75) is 40.5 Å². The van der Waals surface area contributed by atoms with Gasteiger partial charge < -0.3 is 19.6 Å². The molecule has 0 unspecified atom stereocenters. The second-order valence-corrected chi connectivity index (χ2v) is 21.6. The van der Waals surface area contributed by atoms with Gasteiger partial charge in [0.15, 0.2) is 0 Å². The summed E-state index contributed by atoms with van der Waals surface area (Å²) < 4.78 is 0. The van der Waals surface area contributed by atoms with Crippen LogP contribution in [0.5, 0.6) is 0 Å². The molecule has 5 heteroatoms. The predicted molar refractivity (Wildman–Crippen MR) is 347 cm³/mol. The minimum Gasteiger partial charge on any atom is -0.310 e. The Bertz CT molecular complexity index is 4040. The lowest BCUT2D eigenvalue weighted by Crippen LogP contribution is -2.19. The fraction of sp³-hybridized carbons (Fsp3) is 0.0779. The molecule has 0 saturated heterocycles. The normalized spacial score (nSPS) is 11.9. The molecule has 0 bridgehead atoms. The van der Waals surface area contributed by atoms with Crippen molar-refractivity contribution in [1.82, 2.24) is 4.98 Å². The maximum atomic E-state index is 5.18. The second kappa shape index (κ2) is 22.5. The zero-order valence-electron chi connectivity index (χ0n) is 46.8. The number of pyridine rings is 1. The number of hydrogen-bond donors (Lipinski definition) is 0. The van der Waals surface area contributed by atoms with Crippen molar-refractivity contribution in [2.75, 3.05) is 19.6 Å². The number of hydrogen-bond acceptors (Lipinski definition) is 5. The Morgan fingerprint density at radius 1 is 0.305 bits per heavy atom. The van der Waals surface area contributed by atoms with Crippen molar-refractivity contribution in [1.29, 1.82) is 0 Å². The number of allylic oxidation sites excluding steroid dienone is 1. The van der Waals surface area contributed by atoms with Gasteiger partial charge in [0.05, 0.1) is 5.69 Å². The molecule has 12 aromatic rings. The smallest absolute Gasteiger partial charge is 0.0540 e. The highest BCUT2D eigenvalue weighted by Gasteiger charge is 2.26. The van der Waals surface area contributed by atoms with Crippen molar-refractivity contribution >= 4 is 79.0 Å². The Labute approximate surface area is 482 Å². The SMILES string of the molecule is Cc1ccc(N(c2ccc(C)cc2)c2cc(-c3cncc(-c4cc(N(C5=CCCc6ccccc65)c5ccccc5)cc(N(c5ccccc5)c5cccc6ccccc56)c4)c3)cc(N(c3ccc(C)cc3)c3ccc(C)cc3)c2)cc1. The summed E-state index contributed by atoms with van der Waals surface area (Å²) in [4.78, 5) is 14.8. The average Bonchev–Trinajstić information content (AvgIpc) is 3.71. The Morgan fingerprint density at radius 2 is 0.707 bits per heavy atom. The van der Waals surface area contributed by atoms with Gasteiger partial charge in [-0.15, -0.1) is 0 Å². The van der Waals surface area contributed by atoms with E-state index >= 15 is 0 Å². The van der Waals surface area contributed by atoms with E-state index in [9.17, 15) is 0 Å². The molecule has 0 N–H and O–H groups in total. The lowest BCUT2D eigenvalue weighted by atomic mass is 9.93. The van der Waals surface area contributed by atoms with Crippen molar-refractivity contribution in [3.8, 4) is 22.3 Å². The third-order valence-corrected chi connectivity index (χ3v) is 15.7. The molecular weight excluding hydrogens is 995 g/mol. The topological polar surface area (TPSA) is 25.9 Å². The van der Waals surface area contributed by atoms with E-state index in [1.807, 2.05) is 12.4 Å². The first-order valence-electron chi connectivity index (χ1n) is 28.4. The number of anilines is 11. The molecule has 396 valence electrons. The van der Waals surface area contributed by atoms with Crippen LogP contribution in [0.1, 0.15) is 39.8 Å². The summed E-state index contributed by atoms with van der Waals surface area (Å²) in [5, 5.41) is 2.34. The highest BCUT2D eigenvalue weighted by molar-refractivity contribution is 6.01. The van der Waals surface area contributed by atoms with Crippen molar-refractivity contribution in [3.05, 3.63) is 319 Å². The van der Waals surface area contributed by atoms with Gasteiger partial charge in [-0.25, -0.2) is 0 Å². The van der Waals surface area contributed by atoms with Gasteiger partial charge in [-0.2, -0.15) is 0 Å². The molecule has 0 saturated carbocycles. The first-order chi connectivity index (χ1) is 40.3. The molecular formula is C77H63N5. The van der Waals surface area contributed by atoms with Crippen LogP contribution in [-0.4, -0.2) is 4.98 Å². The zero-order chi connectivity index (χ0) is 55.5. The van der Waals surface area contributed by atoms with Gasteiger partial charge in [-0.05, 0) is 184 Å². The lowest BCUT2D eigenvalue weighted by Gasteiger charge is -2.33. The van der Waals surface area contributed by atoms with Gasteiger partial charge in [0.2, 0.25) is 0 Å². The molecule has 0 spiro atoms. The van der Waals surface area contributed by atoms with Crippen molar-refractivity contribution < 1.29 is 0 Å². The molecule has 5 nitrogen and oxygen atoms in total. The number of aryl methyl sites for hydroxylation is 5. The average molecular weight is 1060 g/mol. The summed E-state index contributed by atoms with van der Waals surface area (Å²) in [5.74, 6) is 0. The van der Waals surface area contributed by atoms with Gasteiger partial charge in [-0.3, -0.25) is 4.98 Å². The van der Waals surface area contributed by atoms with E-state index in [0.717, 1.165) is 97.7 Å². The third-order valence-electron chi connectivity index (χ3n) is 15.7. The summed E-state index contributed by atoms with van der Waals surface area (Å²) >= 11 is 0. The van der Waals surface area contributed by atoms with Crippen molar-refractivity contribution in [3.63, 3.8) is 0 Å². The van der Waals surface area contributed by atoms with Gasteiger partial charge in [-0.1, -0.05) is 174 Å². The highest BCUT2D eigenvalue weighted by atomic mass is 15.2. The van der Waals surface area contributed by atoms with Crippen LogP contribution in [0.4, 0.5) is 62.6 Å². The quantitative estimate of drug-likeness (QED) is 0.108. The Morgan fingerprint density at radius 3 is 1.22 bits per heavy atom. The second-order valence-electron chi connectivity index (χ2n) is 21.6. The first-order valence-corrected chi connectivity index (χ1v) is 28.4. The van der Waals surface area contributed by atoms with Gasteiger partial charge in [0, 0.05) is 97.0 Å². The lowest BCUT2D eigenvalue weighted by molar-refractivity contribution is 0.968. The minimum absolute atomic E-state index is 0.942. The maximum absolute atomic E-state index is 5.18. The summed E-state index contributed by atoms with van der Waals surface area (Å²) in [5.41, 5.74) is 24.3. The number of benzene rings is 11. The van der Waals surface area contributed by atoms with E-state index in [4.69, 9.17) is 4.98 Å². The van der Waals surface area contributed by atoms with Crippen LogP contribution in [-0.2, 0) is 6.42 Å². The molecule has 0 aliphatic heterocycles. The molecule has 1 heterocycles. The summed E-state index contributed by atoms with van der Waals surface area (Å²) in [7, 11) is 0. The number of aromatic nitrogens is 1. The van der Waals surface area contributed by atoms with E-state index < -0.39 is 0 Å². The molecule has 1 aliphatic rings. The van der Waals surface area contributed by atoms with Crippen LogP contribution >= 0.6 is 0 Å². The van der Waals surface area contributed by atoms with Crippen LogP contribution in [0.25, 0.3) is 38.7 Å². The number of rotatable bonds is 14. The number of fused-ring (bicyclic) bond motifs is 2. The van der Waals surface area contributed by atoms with E-state index in [-0.39, 0.29) is 0 Å². The summed E-state index contributed by atoms with van der Waals surface area (Å²) in [6.45, 7) is 8.58. The van der Waals surface area contributed by atoms with Crippen LogP contribution in [0, 0.1) is 27.7 Å². The van der Waals surface area contributed by atoms with Crippen LogP contribution in [0.2, 0.25) is 0 Å². The minimum atomic E-state index is 0.942. The van der Waals surface area contributed by atoms with E-state index in [1.54, 1.807) is 0 Å². The molecule has 0 fully saturated rings. The van der Waals surface area contributed by atoms with E-state index in [1.165, 1.54) is 49.9 Å². The predicted octanol–water partition coefficient (Wildman–Crippen LogP) is 21.3. The summed E-state index contributed by atoms with van der Waals surface area (Å²) in [6, 6.07) is 97.6. The molecule has 1 aliphatic carbocycles. The molecule has 11 aromatic carbocycles. The molecule has 1 aromatic heterocycles. The standard InChI is InChI=1S/C77H63N5/c1-54-29-37-66(38-30-54)79(67-39-31-55(2)32-40-67)70-46-60(47-71(50-70)80(68-41-33-56(3)34-42-68)69-43-35-57(4)36-44-69)62-45-63(53-78-52-62)61-48-72(81(64-21-7-5-8-22-64)76-27-15-19-58-17-11-13-25-74(58)76)51-73(49-61)82(65-23-9-6-10-24-65)77-28-16-20-59-18-12-14-26-75(59)77/h5-15,17-19,21-53H,16,20H2,1-4H3. The maximum Gasteiger partial charge on any atom is 0.0540 e. The summed E-state index contributed by atoms with van der Waals surface area (Å²) in [6.07, 6.45) is 8.41. The molecule has 82 heavy (non-hydrogen) atoms. The Hall–Kier alpha value is -10.2. The zero-order valence-corrected chi connectivity index (χ0v) is 46.8. The largest absolute Gasteiger partial charge is 0.310 e. The van der Waals surface area contributed by atoms with Crippen molar-refractivity contribution in [2.24, 2.45) is 0 Å². The highest BCUT2D eigenvalue weighted by Crippen LogP contribution is 2.48. The number of nitrogens with zero attached hydrogens (tertiary/aromatic N) is 5. The van der Waals surface area contributed by atoms with Crippen LogP contribution in [0.3, 0.4) is 0 Å². The first kappa shape index (κ1) is 51.2. The fourth-order valence-electron chi connectivity index (χ4n) is 11.6. The molecule has 13 rings (SSSR count). The van der Waals surface area contributed by atoms with E-state index in [2.05, 4.69) is 320 Å². The van der Waals surface area contributed by atoms with Crippen LogP contribution < -0.4 is 19.6 Å². The van der Waals surface area contributed by atoms with Gasteiger partial charge in [0.25, 0.3) is 0 Å². The Kier molecular flexibility index (Phi) is 14.0. The molecule has 0 amide bonds. The molecule has 0 radical (unpaired) electrons. The third kappa shape index (κ3) is 10.4. The fourth-order valence-corrected chi connectivity index (χ4v) is 11.6. The monoisotopic (exact) mass is 1060 g/mol. The van der Waals surface area contributed by atoms with Gasteiger partial charge in [0.1, 0.15) is 0 Å². The van der Waals surface area contributed by atoms with Crippen LogP contribution in [0.15, 0.2) is 285 Å². The van der Waals surface area contributed by atoms with E-state index in [0.29, 0.717) is 0 Å². The number of para-hydroxylation sites is 2. The Balaban J connectivity index is 1.05. The van der Waals surface area contributed by atoms with Gasteiger partial charge >= 0.3 is 0 Å². The molecule has 0 atom stereocenters.